The van der Waals surface area contributed by atoms with Gasteiger partial charge in [0, 0.05) is 43.8 Å². The molecule has 4 saturated carbocycles. The van der Waals surface area contributed by atoms with Gasteiger partial charge >= 0.3 is 0 Å². The van der Waals surface area contributed by atoms with Crippen LogP contribution in [0.3, 0.4) is 0 Å². The second-order valence-corrected chi connectivity index (χ2v) is 33.0. The number of nitrogens with zero attached hydrogens (tertiary/aromatic N) is 4. The van der Waals surface area contributed by atoms with E-state index >= 15 is 0 Å². The quantitative estimate of drug-likeness (QED) is 0.160. The fraction of sp³-hybridized carbons (Fsp3) is 0.320. The number of para-hydroxylation sites is 3. The lowest BCUT2D eigenvalue weighted by Gasteiger charge is -2.24. The van der Waals surface area contributed by atoms with Gasteiger partial charge in [-0.2, -0.15) is 0 Å². The van der Waals surface area contributed by atoms with Crippen molar-refractivity contribution in [1.29, 1.82) is 0 Å². The SMILES string of the molecule is CC(C)Cc1cccc(-c2nc3ccccc3c3c2C2CCC3C2)c1.Cc1cc(-c2nc3ccccc3c3c2C2CCC3C2)cc(C(C)(C)C)c1.Cc1ccc(-c2nc3ccccc3c3c2C2CCC3C2)cc1.Cc1ccc2nc(-c3ccc(-c4ccccc4)cc3)c3c(c2c1)C1CCC3C1. The van der Waals surface area contributed by atoms with Gasteiger partial charge in [0.2, 0.25) is 0 Å². The molecule has 4 nitrogen and oxygen atoms in total. The van der Waals surface area contributed by atoms with Crippen LogP contribution in [0.4, 0.5) is 0 Å². The van der Waals surface area contributed by atoms with Crippen LogP contribution in [0.5, 0.6) is 0 Å². The van der Waals surface area contributed by atoms with Gasteiger partial charge in [0.05, 0.1) is 44.8 Å². The molecular weight excluding hydrogens is 1220 g/mol. The number of aryl methyl sites for hydroxylation is 3. The fourth-order valence-electron chi connectivity index (χ4n) is 20.3. The highest BCUT2D eigenvalue weighted by atomic mass is 14.8. The van der Waals surface area contributed by atoms with Crippen molar-refractivity contribution < 1.29 is 0 Å². The van der Waals surface area contributed by atoms with Crippen molar-refractivity contribution in [1.82, 2.24) is 19.9 Å². The maximum Gasteiger partial charge on any atom is 0.0747 e. The van der Waals surface area contributed by atoms with E-state index < -0.39 is 0 Å². The molecular formula is C97H94N4. The summed E-state index contributed by atoms with van der Waals surface area (Å²) in [7, 11) is 0. The first-order valence-corrected chi connectivity index (χ1v) is 38.4. The minimum absolute atomic E-state index is 0.153. The van der Waals surface area contributed by atoms with Gasteiger partial charge in [-0.1, -0.05) is 215 Å². The number of hydrogen-bond donors (Lipinski definition) is 0. The Bertz CT molecular complexity index is 5380. The van der Waals surface area contributed by atoms with Crippen LogP contribution >= 0.6 is 0 Å². The fourth-order valence-corrected chi connectivity index (χ4v) is 20.3. The molecule has 4 aromatic heterocycles. The third-order valence-corrected chi connectivity index (χ3v) is 24.8. The molecule has 0 saturated heterocycles. The van der Waals surface area contributed by atoms with Crippen molar-refractivity contribution in [3.05, 3.63) is 285 Å². The number of pyridine rings is 4. The Hall–Kier alpha value is -9.38. The molecule has 8 unspecified atom stereocenters. The highest BCUT2D eigenvalue weighted by Crippen LogP contribution is 2.61. The number of fused-ring (bicyclic) bond motifs is 28. The molecule has 9 aromatic carbocycles. The Morgan fingerprint density at radius 2 is 0.663 bits per heavy atom. The van der Waals surface area contributed by atoms with Gasteiger partial charge in [0.15, 0.2) is 0 Å². The summed E-state index contributed by atoms with van der Waals surface area (Å²) in [6.07, 6.45) is 17.2. The van der Waals surface area contributed by atoms with Crippen LogP contribution in [0.15, 0.2) is 212 Å². The van der Waals surface area contributed by atoms with Crippen molar-refractivity contribution in [2.45, 2.75) is 192 Å². The zero-order valence-corrected chi connectivity index (χ0v) is 60.4. The maximum absolute atomic E-state index is 5.20. The molecule has 101 heavy (non-hydrogen) atoms. The van der Waals surface area contributed by atoms with Crippen LogP contribution in [0.1, 0.15) is 231 Å². The van der Waals surface area contributed by atoms with Gasteiger partial charge in [-0.15, -0.1) is 0 Å². The summed E-state index contributed by atoms with van der Waals surface area (Å²) < 4.78 is 0. The van der Waals surface area contributed by atoms with Gasteiger partial charge in [-0.05, 0) is 278 Å². The maximum atomic E-state index is 5.20. The van der Waals surface area contributed by atoms with Crippen LogP contribution in [-0.4, -0.2) is 19.9 Å². The molecule has 0 amide bonds. The molecule has 8 atom stereocenters. The smallest absolute Gasteiger partial charge is 0.0747 e. The first kappa shape index (κ1) is 63.8. The highest BCUT2D eigenvalue weighted by molar-refractivity contribution is 5.94. The van der Waals surface area contributed by atoms with E-state index in [2.05, 4.69) is 268 Å². The summed E-state index contributed by atoms with van der Waals surface area (Å²) in [5.41, 5.74) is 36.9. The zero-order chi connectivity index (χ0) is 68.4. The van der Waals surface area contributed by atoms with E-state index in [-0.39, 0.29) is 5.41 Å². The number of rotatable bonds is 7. The van der Waals surface area contributed by atoms with Crippen molar-refractivity contribution in [3.8, 4) is 56.2 Å². The largest absolute Gasteiger partial charge is 0.247 e. The summed E-state index contributed by atoms with van der Waals surface area (Å²) in [6, 6.07) is 77.6. The molecule has 0 radical (unpaired) electrons. The summed E-state index contributed by atoms with van der Waals surface area (Å²) >= 11 is 0. The Morgan fingerprint density at radius 3 is 1.13 bits per heavy atom. The predicted octanol–water partition coefficient (Wildman–Crippen LogP) is 26.2. The Balaban J connectivity index is 0.0000000971. The lowest BCUT2D eigenvalue weighted by Crippen LogP contribution is -2.12. The molecule has 4 heteroatoms. The molecule has 13 aromatic rings. The molecule has 4 fully saturated rings. The van der Waals surface area contributed by atoms with Crippen LogP contribution < -0.4 is 0 Å². The lowest BCUT2D eigenvalue weighted by atomic mass is 9.82. The number of hydrogen-bond acceptors (Lipinski definition) is 4. The molecule has 8 aliphatic rings. The molecule has 0 spiro atoms. The average molecular weight is 1320 g/mol. The third-order valence-electron chi connectivity index (χ3n) is 24.8. The van der Waals surface area contributed by atoms with Gasteiger partial charge in [-0.25, -0.2) is 19.9 Å². The lowest BCUT2D eigenvalue weighted by molar-refractivity contribution is 0.590. The molecule has 8 aliphatic carbocycles. The second kappa shape index (κ2) is 25.6. The average Bonchev–Trinajstić information content (AvgIpc) is 1.67. The topological polar surface area (TPSA) is 51.6 Å². The van der Waals surface area contributed by atoms with E-state index in [0.717, 1.165) is 64.0 Å². The van der Waals surface area contributed by atoms with Crippen molar-refractivity contribution >= 4 is 43.6 Å². The summed E-state index contributed by atoms with van der Waals surface area (Å²) in [4.78, 5) is 20.6. The van der Waals surface area contributed by atoms with Gasteiger partial charge in [-0.3, -0.25) is 0 Å². The van der Waals surface area contributed by atoms with E-state index in [9.17, 15) is 0 Å². The summed E-state index contributed by atoms with van der Waals surface area (Å²) in [5.74, 6) is 6.53. The Kier molecular flexibility index (Phi) is 16.2. The minimum atomic E-state index is 0.153. The van der Waals surface area contributed by atoms with Crippen molar-refractivity contribution in [2.75, 3.05) is 0 Å². The van der Waals surface area contributed by atoms with E-state index in [4.69, 9.17) is 19.9 Å². The number of aromatic nitrogens is 4. The standard InChI is InChI=1S/C27H23N.C25H27N.C24H25N.C21H19N/c1-17-7-14-24-23(15-17)25-21-12-13-22(16-21)26(25)27(28-24)20-10-8-19(9-11-20)18-5-3-2-4-6-18;1-15-11-18(14-19(12-15)25(2,3)4)24-23-17-10-9-16(13-17)22(23)20-7-5-6-8-21(20)26-24;1-15(2)12-16-6-5-7-19(13-16)24-23-18-11-10-17(14-18)22(23)20-8-3-4-9-21(20)25-24;1-13-6-8-14(9-7-13)21-20-16-11-10-15(12-16)19(20)17-4-2-3-5-18(17)22-21/h2-11,14-15,21-22H,12-13,16H2,1H3;5-8,11-12,14,16-17H,9-10,13H2,1-4H3;3-9,13,15,17-18H,10-12,14H2,1-2H3;2-9,15-16H,10-12H2,1H3. The summed E-state index contributed by atoms with van der Waals surface area (Å²) in [6.45, 7) is 18.0. The minimum Gasteiger partial charge on any atom is -0.247 e. The Morgan fingerprint density at radius 1 is 0.297 bits per heavy atom. The van der Waals surface area contributed by atoms with Crippen LogP contribution in [0, 0.1) is 26.7 Å². The summed E-state index contributed by atoms with van der Waals surface area (Å²) in [5, 5.41) is 5.57. The van der Waals surface area contributed by atoms with E-state index in [1.54, 1.807) is 44.5 Å². The van der Waals surface area contributed by atoms with Gasteiger partial charge in [0.25, 0.3) is 0 Å². The van der Waals surface area contributed by atoms with E-state index in [0.29, 0.717) is 17.8 Å². The number of benzene rings is 9. The first-order valence-electron chi connectivity index (χ1n) is 38.4. The van der Waals surface area contributed by atoms with E-state index in [1.807, 2.05) is 0 Å². The van der Waals surface area contributed by atoms with Crippen LogP contribution in [0.2, 0.25) is 0 Å². The van der Waals surface area contributed by atoms with Crippen molar-refractivity contribution in [3.63, 3.8) is 0 Å². The first-order chi connectivity index (χ1) is 49.2. The normalized spacial score (nSPS) is 21.1. The van der Waals surface area contributed by atoms with Crippen molar-refractivity contribution in [2.24, 2.45) is 5.92 Å². The van der Waals surface area contributed by atoms with Gasteiger partial charge in [0.1, 0.15) is 0 Å². The van der Waals surface area contributed by atoms with Gasteiger partial charge < -0.3 is 0 Å². The molecule has 0 N–H and O–H groups in total. The molecule has 21 rings (SSSR count). The zero-order valence-electron chi connectivity index (χ0n) is 60.4. The second-order valence-electron chi connectivity index (χ2n) is 33.0. The molecule has 502 valence electrons. The monoisotopic (exact) mass is 1310 g/mol. The molecule has 0 aliphatic heterocycles. The highest BCUT2D eigenvalue weighted by Gasteiger charge is 2.44. The third kappa shape index (κ3) is 11.5. The molecule has 8 bridgehead atoms. The van der Waals surface area contributed by atoms with Crippen LogP contribution in [-0.2, 0) is 11.8 Å². The molecule has 4 heterocycles. The Labute approximate surface area is 598 Å². The van der Waals surface area contributed by atoms with E-state index in [1.165, 1.54) is 183 Å². The van der Waals surface area contributed by atoms with Crippen LogP contribution in [0.25, 0.3) is 99.8 Å². The predicted molar refractivity (Wildman–Crippen MR) is 423 cm³/mol.